The van der Waals surface area contributed by atoms with E-state index in [1.54, 1.807) is 19.1 Å². The van der Waals surface area contributed by atoms with Crippen LogP contribution in [0.2, 0.25) is 5.15 Å². The Morgan fingerprint density at radius 2 is 1.95 bits per heavy atom. The van der Waals surface area contributed by atoms with Crippen LogP contribution < -0.4 is 5.32 Å². The molecule has 1 aliphatic carbocycles. The van der Waals surface area contributed by atoms with Crippen LogP contribution in [0.5, 0.6) is 0 Å². The molecule has 0 spiro atoms. The van der Waals surface area contributed by atoms with Crippen LogP contribution in [0.1, 0.15) is 41.7 Å². The predicted octanol–water partition coefficient (Wildman–Crippen LogP) is 2.42. The lowest BCUT2D eigenvalue weighted by molar-refractivity contribution is -0.142. The van der Waals surface area contributed by atoms with Crippen molar-refractivity contribution < 1.29 is 14.7 Å². The van der Waals surface area contributed by atoms with Crippen LogP contribution in [-0.2, 0) is 4.79 Å². The first kappa shape index (κ1) is 14.8. The van der Waals surface area contributed by atoms with E-state index in [-0.39, 0.29) is 23.0 Å². The first-order valence-electron chi connectivity index (χ1n) is 6.64. The largest absolute Gasteiger partial charge is 0.481 e. The van der Waals surface area contributed by atoms with Gasteiger partial charge in [0.2, 0.25) is 0 Å². The lowest BCUT2D eigenvalue weighted by atomic mass is 9.86. The van der Waals surface area contributed by atoms with E-state index >= 15 is 0 Å². The number of carbonyl (C=O) groups is 2. The molecular weight excluding hydrogens is 280 g/mol. The number of amides is 1. The van der Waals surface area contributed by atoms with Gasteiger partial charge in [0, 0.05) is 11.7 Å². The summed E-state index contributed by atoms with van der Waals surface area (Å²) in [6, 6.07) is 3.40. The van der Waals surface area contributed by atoms with Crippen molar-refractivity contribution in [1.82, 2.24) is 10.3 Å². The smallest absolute Gasteiger partial charge is 0.306 e. The summed E-state index contributed by atoms with van der Waals surface area (Å²) in [6.45, 7) is 1.81. The second kappa shape index (κ2) is 6.22. The molecule has 0 aromatic carbocycles. The Hall–Kier alpha value is -1.62. The highest BCUT2D eigenvalue weighted by atomic mass is 35.5. The number of nitrogens with one attached hydrogen (secondary N) is 1. The van der Waals surface area contributed by atoms with Crippen molar-refractivity contribution in [2.24, 2.45) is 5.92 Å². The van der Waals surface area contributed by atoms with Crippen molar-refractivity contribution in [2.45, 2.75) is 38.6 Å². The Labute approximate surface area is 122 Å². The minimum Gasteiger partial charge on any atom is -0.481 e. The molecule has 108 valence electrons. The Morgan fingerprint density at radius 3 is 2.50 bits per heavy atom. The van der Waals surface area contributed by atoms with Gasteiger partial charge in [0.25, 0.3) is 5.91 Å². The molecular formula is C14H17ClN2O3. The molecule has 20 heavy (non-hydrogen) atoms. The predicted molar refractivity (Wildman–Crippen MR) is 74.8 cm³/mol. The maximum Gasteiger partial charge on any atom is 0.306 e. The molecule has 1 heterocycles. The second-order valence-corrected chi connectivity index (χ2v) is 5.51. The van der Waals surface area contributed by atoms with Crippen LogP contribution in [0, 0.1) is 12.8 Å². The number of carbonyl (C=O) groups excluding carboxylic acids is 1. The SMILES string of the molecule is Cc1ccc(C(=O)NC2CCC(C(=O)O)CC2)c(Cl)n1. The van der Waals surface area contributed by atoms with Crippen molar-refractivity contribution in [2.75, 3.05) is 0 Å². The normalized spacial score (nSPS) is 22.3. The lowest BCUT2D eigenvalue weighted by Crippen LogP contribution is -2.38. The third kappa shape index (κ3) is 3.48. The standard InChI is InChI=1S/C14H17ClN2O3/c1-8-2-7-11(12(15)16-8)13(18)17-10-5-3-9(4-6-10)14(19)20/h2,7,9-10H,3-6H2,1H3,(H,17,18)(H,19,20). The Bertz CT molecular complexity index is 525. The number of rotatable bonds is 3. The molecule has 0 saturated heterocycles. The van der Waals surface area contributed by atoms with Gasteiger partial charge < -0.3 is 10.4 Å². The minimum atomic E-state index is -0.749. The van der Waals surface area contributed by atoms with E-state index in [0.29, 0.717) is 31.2 Å². The summed E-state index contributed by atoms with van der Waals surface area (Å²) >= 11 is 5.96. The van der Waals surface area contributed by atoms with Crippen molar-refractivity contribution in [3.05, 3.63) is 28.5 Å². The maximum absolute atomic E-state index is 12.1. The fourth-order valence-corrected chi connectivity index (χ4v) is 2.72. The molecule has 1 aromatic rings. The van der Waals surface area contributed by atoms with Gasteiger partial charge in [0.15, 0.2) is 0 Å². The first-order valence-corrected chi connectivity index (χ1v) is 7.02. The van der Waals surface area contributed by atoms with Crippen molar-refractivity contribution in [1.29, 1.82) is 0 Å². The summed E-state index contributed by atoms with van der Waals surface area (Å²) in [6.07, 6.45) is 2.56. The quantitative estimate of drug-likeness (QED) is 0.840. The zero-order valence-corrected chi connectivity index (χ0v) is 12.0. The summed E-state index contributed by atoms with van der Waals surface area (Å²) in [7, 11) is 0. The van der Waals surface area contributed by atoms with Crippen LogP contribution in [0.3, 0.4) is 0 Å². The third-order valence-corrected chi connectivity index (χ3v) is 3.93. The van der Waals surface area contributed by atoms with E-state index in [0.717, 1.165) is 5.69 Å². The number of aromatic nitrogens is 1. The molecule has 2 rings (SSSR count). The topological polar surface area (TPSA) is 79.3 Å². The van der Waals surface area contributed by atoms with Gasteiger partial charge in [-0.05, 0) is 44.7 Å². The molecule has 0 bridgehead atoms. The van der Waals surface area contributed by atoms with Gasteiger partial charge in [0.05, 0.1) is 11.5 Å². The molecule has 0 aliphatic heterocycles. The summed E-state index contributed by atoms with van der Waals surface area (Å²) in [4.78, 5) is 27.0. The molecule has 0 unspecified atom stereocenters. The number of hydrogen-bond acceptors (Lipinski definition) is 3. The highest BCUT2D eigenvalue weighted by Crippen LogP contribution is 2.25. The highest BCUT2D eigenvalue weighted by molar-refractivity contribution is 6.32. The van der Waals surface area contributed by atoms with Gasteiger partial charge in [-0.1, -0.05) is 11.6 Å². The van der Waals surface area contributed by atoms with Gasteiger partial charge in [-0.25, -0.2) is 4.98 Å². The lowest BCUT2D eigenvalue weighted by Gasteiger charge is -2.26. The Kier molecular flexibility index (Phi) is 4.60. The third-order valence-electron chi connectivity index (χ3n) is 3.64. The van der Waals surface area contributed by atoms with E-state index in [9.17, 15) is 9.59 Å². The Balaban J connectivity index is 1.94. The van der Waals surface area contributed by atoms with Crippen molar-refractivity contribution >= 4 is 23.5 Å². The Morgan fingerprint density at radius 1 is 1.30 bits per heavy atom. The number of hydrogen-bond donors (Lipinski definition) is 2. The monoisotopic (exact) mass is 296 g/mol. The van der Waals surface area contributed by atoms with Gasteiger partial charge >= 0.3 is 5.97 Å². The zero-order chi connectivity index (χ0) is 14.7. The first-order chi connectivity index (χ1) is 9.47. The summed E-state index contributed by atoms with van der Waals surface area (Å²) < 4.78 is 0. The van der Waals surface area contributed by atoms with Crippen LogP contribution in [-0.4, -0.2) is 28.0 Å². The molecule has 5 nitrogen and oxygen atoms in total. The van der Waals surface area contributed by atoms with Crippen molar-refractivity contribution in [3.8, 4) is 0 Å². The fourth-order valence-electron chi connectivity index (χ4n) is 2.44. The molecule has 1 fully saturated rings. The number of halogens is 1. The molecule has 1 aliphatic rings. The van der Waals surface area contributed by atoms with E-state index < -0.39 is 5.97 Å². The van der Waals surface area contributed by atoms with E-state index in [2.05, 4.69) is 10.3 Å². The average molecular weight is 297 g/mol. The van der Waals surface area contributed by atoms with Crippen LogP contribution >= 0.6 is 11.6 Å². The van der Waals surface area contributed by atoms with Gasteiger partial charge in [-0.15, -0.1) is 0 Å². The average Bonchev–Trinajstić information content (AvgIpc) is 2.39. The van der Waals surface area contributed by atoms with Crippen LogP contribution in [0.25, 0.3) is 0 Å². The summed E-state index contributed by atoms with van der Waals surface area (Å²) in [5.41, 5.74) is 1.12. The zero-order valence-electron chi connectivity index (χ0n) is 11.2. The molecule has 0 atom stereocenters. The number of pyridine rings is 1. The molecule has 1 saturated carbocycles. The number of carboxylic acid groups (broad SMARTS) is 1. The van der Waals surface area contributed by atoms with Gasteiger partial charge in [0.1, 0.15) is 5.15 Å². The van der Waals surface area contributed by atoms with Crippen molar-refractivity contribution in [3.63, 3.8) is 0 Å². The van der Waals surface area contributed by atoms with E-state index in [4.69, 9.17) is 16.7 Å². The highest BCUT2D eigenvalue weighted by Gasteiger charge is 2.27. The minimum absolute atomic E-state index is 0.00969. The molecule has 0 radical (unpaired) electrons. The second-order valence-electron chi connectivity index (χ2n) is 5.15. The number of aliphatic carboxylic acids is 1. The van der Waals surface area contributed by atoms with E-state index in [1.165, 1.54) is 0 Å². The molecule has 1 amide bonds. The van der Waals surface area contributed by atoms with E-state index in [1.807, 2.05) is 0 Å². The molecule has 1 aromatic heterocycles. The maximum atomic E-state index is 12.1. The van der Waals surface area contributed by atoms with Gasteiger partial charge in [-0.2, -0.15) is 0 Å². The number of nitrogens with zero attached hydrogens (tertiary/aromatic N) is 1. The summed E-state index contributed by atoms with van der Waals surface area (Å²) in [5, 5.41) is 12.0. The molecule has 2 N–H and O–H groups in total. The summed E-state index contributed by atoms with van der Waals surface area (Å²) in [5.74, 6) is -1.28. The number of carboxylic acids is 1. The van der Waals surface area contributed by atoms with Crippen LogP contribution in [0.4, 0.5) is 0 Å². The van der Waals surface area contributed by atoms with Gasteiger partial charge in [-0.3, -0.25) is 9.59 Å². The van der Waals surface area contributed by atoms with Crippen LogP contribution in [0.15, 0.2) is 12.1 Å². The number of aryl methyl sites for hydroxylation is 1. The fraction of sp³-hybridized carbons (Fsp3) is 0.500. The molecule has 6 heteroatoms.